The molecule has 1 atom stereocenters. The maximum Gasteiger partial charge on any atom is 0.0966 e. The molecule has 1 aromatic carbocycles. The molecule has 1 aliphatic rings. The Morgan fingerprint density at radius 1 is 1.19 bits per heavy atom. The van der Waals surface area contributed by atoms with Gasteiger partial charge in [-0.05, 0) is 30.2 Å². The molecule has 0 N–H and O–H groups in total. The molecule has 0 radical (unpaired) electrons. The van der Waals surface area contributed by atoms with E-state index in [2.05, 4.69) is 28.1 Å². The highest BCUT2D eigenvalue weighted by molar-refractivity contribution is 6.31. The van der Waals surface area contributed by atoms with E-state index in [0.717, 1.165) is 43.2 Å². The largest absolute Gasteiger partial charge is 0.371 e. The number of benzene rings is 1. The minimum absolute atomic E-state index is 0.0740. The predicted octanol–water partition coefficient (Wildman–Crippen LogP) is 3.35. The third-order valence-electron chi connectivity index (χ3n) is 3.87. The van der Waals surface area contributed by atoms with Gasteiger partial charge in [0.2, 0.25) is 0 Å². The van der Waals surface area contributed by atoms with Crippen molar-refractivity contribution in [3.05, 3.63) is 64.9 Å². The highest BCUT2D eigenvalue weighted by atomic mass is 35.5. The van der Waals surface area contributed by atoms with E-state index in [1.807, 2.05) is 30.6 Å². The Morgan fingerprint density at radius 3 is 2.81 bits per heavy atom. The molecule has 1 unspecified atom stereocenters. The second-order valence-corrected chi connectivity index (χ2v) is 5.69. The van der Waals surface area contributed by atoms with Gasteiger partial charge in [-0.25, -0.2) is 0 Å². The fraction of sp³-hybridized carbons (Fsp3) is 0.353. The Morgan fingerprint density at radius 2 is 2.00 bits per heavy atom. The Hall–Kier alpha value is -1.42. The van der Waals surface area contributed by atoms with Crippen LogP contribution in [0.1, 0.15) is 17.2 Å². The average molecular weight is 303 g/mol. The summed E-state index contributed by atoms with van der Waals surface area (Å²) in [7, 11) is 0. The van der Waals surface area contributed by atoms with Gasteiger partial charge in [0.25, 0.3) is 0 Å². The lowest BCUT2D eigenvalue weighted by Crippen LogP contribution is -2.39. The number of hydrogen-bond donors (Lipinski definition) is 0. The lowest BCUT2D eigenvalue weighted by Gasteiger charge is -2.33. The number of halogens is 1. The van der Waals surface area contributed by atoms with Crippen LogP contribution in [0.2, 0.25) is 5.02 Å². The number of pyridine rings is 1. The van der Waals surface area contributed by atoms with Gasteiger partial charge in [0.15, 0.2) is 0 Å². The minimum atomic E-state index is 0.0740. The number of hydrogen-bond acceptors (Lipinski definition) is 3. The van der Waals surface area contributed by atoms with Crippen molar-refractivity contribution in [3.63, 3.8) is 0 Å². The Kier molecular flexibility index (Phi) is 4.86. The Balaban J connectivity index is 1.60. The van der Waals surface area contributed by atoms with Crippen molar-refractivity contribution < 1.29 is 4.74 Å². The Bertz CT molecular complexity index is 576. The SMILES string of the molecule is Clc1ccccc1C1CN(CCc2ccncc2)CCO1. The summed E-state index contributed by atoms with van der Waals surface area (Å²) in [5.74, 6) is 0. The third kappa shape index (κ3) is 3.82. The van der Waals surface area contributed by atoms with E-state index in [1.54, 1.807) is 0 Å². The molecule has 1 aliphatic heterocycles. The maximum absolute atomic E-state index is 6.27. The molecule has 1 fully saturated rings. The molecule has 0 aliphatic carbocycles. The summed E-state index contributed by atoms with van der Waals surface area (Å²) in [6, 6.07) is 12.1. The first-order valence-corrected chi connectivity index (χ1v) is 7.68. The fourth-order valence-electron chi connectivity index (χ4n) is 2.67. The molecule has 3 rings (SSSR count). The van der Waals surface area contributed by atoms with E-state index < -0.39 is 0 Å². The molecule has 1 aromatic heterocycles. The number of ether oxygens (including phenoxy) is 1. The van der Waals surface area contributed by atoms with Gasteiger partial charge in [-0.2, -0.15) is 0 Å². The first-order valence-electron chi connectivity index (χ1n) is 7.30. The lowest BCUT2D eigenvalue weighted by atomic mass is 10.1. The van der Waals surface area contributed by atoms with Crippen LogP contribution in [0.4, 0.5) is 0 Å². The van der Waals surface area contributed by atoms with Gasteiger partial charge in [0, 0.05) is 42.6 Å². The smallest absolute Gasteiger partial charge is 0.0966 e. The van der Waals surface area contributed by atoms with E-state index in [9.17, 15) is 0 Å². The van der Waals surface area contributed by atoms with Gasteiger partial charge in [-0.1, -0.05) is 29.8 Å². The molecule has 0 spiro atoms. The zero-order valence-corrected chi connectivity index (χ0v) is 12.7. The van der Waals surface area contributed by atoms with Crippen LogP contribution in [0, 0.1) is 0 Å². The standard InChI is InChI=1S/C17H19ClN2O/c18-16-4-2-1-3-15(16)17-13-20(11-12-21-17)10-7-14-5-8-19-9-6-14/h1-6,8-9,17H,7,10-13H2. The molecular weight excluding hydrogens is 284 g/mol. The van der Waals surface area contributed by atoms with Crippen molar-refractivity contribution >= 4 is 11.6 Å². The van der Waals surface area contributed by atoms with Crippen LogP contribution in [-0.2, 0) is 11.2 Å². The molecule has 2 aromatic rings. The van der Waals surface area contributed by atoms with E-state index in [0.29, 0.717) is 0 Å². The summed E-state index contributed by atoms with van der Waals surface area (Å²) in [6.07, 6.45) is 4.81. The quantitative estimate of drug-likeness (QED) is 0.866. The molecule has 0 saturated carbocycles. The van der Waals surface area contributed by atoms with Gasteiger partial charge in [-0.15, -0.1) is 0 Å². The van der Waals surface area contributed by atoms with Crippen LogP contribution in [-0.4, -0.2) is 36.1 Å². The lowest BCUT2D eigenvalue weighted by molar-refractivity contribution is -0.0295. The highest BCUT2D eigenvalue weighted by Gasteiger charge is 2.23. The van der Waals surface area contributed by atoms with Crippen LogP contribution in [0.3, 0.4) is 0 Å². The van der Waals surface area contributed by atoms with Crippen LogP contribution in [0.15, 0.2) is 48.8 Å². The molecule has 1 saturated heterocycles. The number of aromatic nitrogens is 1. The molecule has 3 nitrogen and oxygen atoms in total. The topological polar surface area (TPSA) is 25.4 Å². The number of rotatable bonds is 4. The monoisotopic (exact) mass is 302 g/mol. The van der Waals surface area contributed by atoms with E-state index in [-0.39, 0.29) is 6.10 Å². The van der Waals surface area contributed by atoms with Crippen molar-refractivity contribution in [2.75, 3.05) is 26.2 Å². The third-order valence-corrected chi connectivity index (χ3v) is 4.21. The summed E-state index contributed by atoms with van der Waals surface area (Å²) in [5.41, 5.74) is 2.42. The average Bonchev–Trinajstić information content (AvgIpc) is 2.55. The van der Waals surface area contributed by atoms with Crippen LogP contribution in [0.25, 0.3) is 0 Å². The minimum Gasteiger partial charge on any atom is -0.371 e. The first kappa shape index (κ1) is 14.5. The number of morpholine rings is 1. The highest BCUT2D eigenvalue weighted by Crippen LogP contribution is 2.28. The second kappa shape index (κ2) is 7.03. The summed E-state index contributed by atoms with van der Waals surface area (Å²) < 4.78 is 5.89. The van der Waals surface area contributed by atoms with Gasteiger partial charge in [0.05, 0.1) is 12.7 Å². The van der Waals surface area contributed by atoms with Crippen molar-refractivity contribution in [2.45, 2.75) is 12.5 Å². The number of nitrogens with zero attached hydrogens (tertiary/aromatic N) is 2. The molecule has 0 amide bonds. The molecular formula is C17H19ClN2O. The van der Waals surface area contributed by atoms with Crippen molar-refractivity contribution in [2.24, 2.45) is 0 Å². The van der Waals surface area contributed by atoms with Crippen molar-refractivity contribution in [1.29, 1.82) is 0 Å². The summed E-state index contributed by atoms with van der Waals surface area (Å²) >= 11 is 6.27. The van der Waals surface area contributed by atoms with E-state index in [1.165, 1.54) is 5.56 Å². The fourth-order valence-corrected chi connectivity index (χ4v) is 2.92. The zero-order valence-electron chi connectivity index (χ0n) is 11.9. The predicted molar refractivity (Wildman–Crippen MR) is 84.5 cm³/mol. The molecule has 2 heterocycles. The van der Waals surface area contributed by atoms with Gasteiger partial charge in [0.1, 0.15) is 0 Å². The second-order valence-electron chi connectivity index (χ2n) is 5.29. The van der Waals surface area contributed by atoms with Gasteiger partial charge >= 0.3 is 0 Å². The van der Waals surface area contributed by atoms with E-state index in [4.69, 9.17) is 16.3 Å². The molecule has 110 valence electrons. The summed E-state index contributed by atoms with van der Waals surface area (Å²) in [4.78, 5) is 6.50. The van der Waals surface area contributed by atoms with Gasteiger partial charge < -0.3 is 4.74 Å². The molecule has 0 bridgehead atoms. The van der Waals surface area contributed by atoms with Crippen LogP contribution in [0.5, 0.6) is 0 Å². The molecule has 4 heteroatoms. The zero-order chi connectivity index (χ0) is 14.5. The summed E-state index contributed by atoms with van der Waals surface area (Å²) in [5, 5.41) is 0.790. The van der Waals surface area contributed by atoms with E-state index >= 15 is 0 Å². The normalized spacial score (nSPS) is 19.6. The maximum atomic E-state index is 6.27. The Labute approximate surface area is 130 Å². The van der Waals surface area contributed by atoms with Crippen LogP contribution >= 0.6 is 11.6 Å². The van der Waals surface area contributed by atoms with Gasteiger partial charge in [-0.3, -0.25) is 9.88 Å². The molecule has 21 heavy (non-hydrogen) atoms. The van der Waals surface area contributed by atoms with Crippen LogP contribution < -0.4 is 0 Å². The summed E-state index contributed by atoms with van der Waals surface area (Å²) in [6.45, 7) is 3.67. The first-order chi connectivity index (χ1) is 10.3. The van der Waals surface area contributed by atoms with Crippen molar-refractivity contribution in [1.82, 2.24) is 9.88 Å². The van der Waals surface area contributed by atoms with Crippen molar-refractivity contribution in [3.8, 4) is 0 Å².